The lowest BCUT2D eigenvalue weighted by molar-refractivity contribution is -0.121. The predicted octanol–water partition coefficient (Wildman–Crippen LogP) is -0.785. The number of β-amino-alcohol motifs (C(OH)–C–C–N with tert-alkyl or cyclic N) is 1. The van der Waals surface area contributed by atoms with E-state index in [2.05, 4.69) is 15.5 Å². The topological polar surface area (TPSA) is 98.0 Å². The molecule has 8 heteroatoms. The van der Waals surface area contributed by atoms with Crippen LogP contribution in [0.5, 0.6) is 0 Å². The summed E-state index contributed by atoms with van der Waals surface area (Å²) in [4.78, 5) is 27.5. The van der Waals surface area contributed by atoms with E-state index in [0.29, 0.717) is 12.3 Å². The third-order valence-electron chi connectivity index (χ3n) is 3.50. The van der Waals surface area contributed by atoms with E-state index in [0.717, 1.165) is 26.2 Å². The Labute approximate surface area is 129 Å². The van der Waals surface area contributed by atoms with Crippen molar-refractivity contribution in [3.63, 3.8) is 0 Å². The van der Waals surface area contributed by atoms with E-state index >= 15 is 0 Å². The van der Waals surface area contributed by atoms with Crippen LogP contribution in [0.25, 0.3) is 0 Å². The van der Waals surface area contributed by atoms with Crippen LogP contribution in [0.2, 0.25) is 0 Å². The Bertz CT molecular complexity index is 469. The maximum Gasteiger partial charge on any atom is 0.321 e. The van der Waals surface area contributed by atoms with Crippen molar-refractivity contribution < 1.29 is 19.1 Å². The van der Waals surface area contributed by atoms with Gasteiger partial charge in [0.2, 0.25) is 5.91 Å². The van der Waals surface area contributed by atoms with E-state index < -0.39 is 6.03 Å². The highest BCUT2D eigenvalue weighted by atomic mass is 16.3. The molecule has 0 unspecified atom stereocenters. The number of imide groups is 1. The van der Waals surface area contributed by atoms with Gasteiger partial charge < -0.3 is 14.8 Å². The standard InChI is InChI=1S/C14H22N4O4/c19-8-7-17-3-5-18(6-4-17)11-13(20)16-14(21)15-10-12-2-1-9-22-12/h1-2,9,19H,3-8,10-11H2,(H2,15,16,20,21). The number of hydrogen-bond acceptors (Lipinski definition) is 6. The van der Waals surface area contributed by atoms with E-state index in [1.807, 2.05) is 4.90 Å². The van der Waals surface area contributed by atoms with Gasteiger partial charge in [0.15, 0.2) is 0 Å². The van der Waals surface area contributed by atoms with Crippen molar-refractivity contribution in [3.8, 4) is 0 Å². The number of amides is 3. The molecule has 22 heavy (non-hydrogen) atoms. The summed E-state index contributed by atoms with van der Waals surface area (Å²) in [5.41, 5.74) is 0. The molecule has 0 spiro atoms. The lowest BCUT2D eigenvalue weighted by Crippen LogP contribution is -2.51. The second-order valence-corrected chi connectivity index (χ2v) is 5.15. The summed E-state index contributed by atoms with van der Waals surface area (Å²) in [7, 11) is 0. The minimum Gasteiger partial charge on any atom is -0.467 e. The summed E-state index contributed by atoms with van der Waals surface area (Å²) < 4.78 is 5.08. The van der Waals surface area contributed by atoms with Crippen molar-refractivity contribution in [2.45, 2.75) is 6.54 Å². The molecule has 0 aromatic carbocycles. The first kappa shape index (κ1) is 16.5. The van der Waals surface area contributed by atoms with Gasteiger partial charge in [-0.05, 0) is 12.1 Å². The summed E-state index contributed by atoms with van der Waals surface area (Å²) in [5.74, 6) is 0.301. The first-order valence-corrected chi connectivity index (χ1v) is 7.33. The predicted molar refractivity (Wildman–Crippen MR) is 79.1 cm³/mol. The van der Waals surface area contributed by atoms with Crippen LogP contribution >= 0.6 is 0 Å². The lowest BCUT2D eigenvalue weighted by Gasteiger charge is -2.33. The van der Waals surface area contributed by atoms with Crippen molar-refractivity contribution in [2.24, 2.45) is 0 Å². The second-order valence-electron chi connectivity index (χ2n) is 5.15. The van der Waals surface area contributed by atoms with Crippen LogP contribution in [0.15, 0.2) is 22.8 Å². The molecule has 1 fully saturated rings. The lowest BCUT2D eigenvalue weighted by atomic mass is 10.3. The van der Waals surface area contributed by atoms with E-state index in [-0.39, 0.29) is 25.6 Å². The molecule has 122 valence electrons. The number of furan rings is 1. The Hall–Kier alpha value is -1.90. The minimum atomic E-state index is -0.527. The van der Waals surface area contributed by atoms with Gasteiger partial charge in [-0.15, -0.1) is 0 Å². The van der Waals surface area contributed by atoms with Crippen molar-refractivity contribution >= 4 is 11.9 Å². The monoisotopic (exact) mass is 310 g/mol. The smallest absolute Gasteiger partial charge is 0.321 e. The molecule has 8 nitrogen and oxygen atoms in total. The molecule has 3 N–H and O–H groups in total. The van der Waals surface area contributed by atoms with Crippen LogP contribution in [0, 0.1) is 0 Å². The van der Waals surface area contributed by atoms with Crippen molar-refractivity contribution in [2.75, 3.05) is 45.9 Å². The van der Waals surface area contributed by atoms with Crippen LogP contribution in [0.3, 0.4) is 0 Å². The maximum atomic E-state index is 11.8. The second kappa shape index (κ2) is 8.52. The van der Waals surface area contributed by atoms with Crippen molar-refractivity contribution in [1.82, 2.24) is 20.4 Å². The van der Waals surface area contributed by atoms with Gasteiger partial charge in [0.05, 0.1) is 26.0 Å². The largest absolute Gasteiger partial charge is 0.467 e. The zero-order valence-electron chi connectivity index (χ0n) is 12.5. The molecular formula is C14H22N4O4. The van der Waals surface area contributed by atoms with Crippen LogP contribution in [0.4, 0.5) is 4.79 Å². The van der Waals surface area contributed by atoms with Gasteiger partial charge in [-0.25, -0.2) is 4.79 Å². The number of carbonyl (C=O) groups is 2. The van der Waals surface area contributed by atoms with Crippen LogP contribution in [-0.2, 0) is 11.3 Å². The molecule has 0 atom stereocenters. The average molecular weight is 310 g/mol. The zero-order valence-corrected chi connectivity index (χ0v) is 12.5. The summed E-state index contributed by atoms with van der Waals surface area (Å²) in [6, 6.07) is 2.95. The molecule has 1 aliphatic rings. The molecule has 0 aliphatic carbocycles. The molecular weight excluding hydrogens is 288 g/mol. The molecule has 1 saturated heterocycles. The van der Waals surface area contributed by atoms with Gasteiger partial charge in [-0.3, -0.25) is 19.9 Å². The fraction of sp³-hybridized carbons (Fsp3) is 0.571. The van der Waals surface area contributed by atoms with Gasteiger partial charge in [-0.1, -0.05) is 0 Å². The van der Waals surface area contributed by atoms with Gasteiger partial charge in [0.25, 0.3) is 0 Å². The fourth-order valence-electron chi connectivity index (χ4n) is 2.31. The average Bonchev–Trinajstić information content (AvgIpc) is 3.01. The highest BCUT2D eigenvalue weighted by Gasteiger charge is 2.19. The number of aliphatic hydroxyl groups excluding tert-OH is 1. The molecule has 2 heterocycles. The quantitative estimate of drug-likeness (QED) is 0.637. The third kappa shape index (κ3) is 5.47. The summed E-state index contributed by atoms with van der Waals surface area (Å²) in [5, 5.41) is 13.7. The fourth-order valence-corrected chi connectivity index (χ4v) is 2.31. The van der Waals surface area contributed by atoms with E-state index in [1.165, 1.54) is 6.26 Å². The molecule has 2 rings (SSSR count). The molecule has 3 amide bonds. The number of piperazine rings is 1. The minimum absolute atomic E-state index is 0.149. The van der Waals surface area contributed by atoms with Crippen molar-refractivity contribution in [1.29, 1.82) is 0 Å². The van der Waals surface area contributed by atoms with Gasteiger partial charge in [0.1, 0.15) is 5.76 Å². The molecule has 1 aromatic rings. The highest BCUT2D eigenvalue weighted by Crippen LogP contribution is 2.01. The van der Waals surface area contributed by atoms with Gasteiger partial charge in [-0.2, -0.15) is 0 Å². The Morgan fingerprint density at radius 3 is 2.59 bits per heavy atom. The van der Waals surface area contributed by atoms with E-state index in [4.69, 9.17) is 9.52 Å². The molecule has 0 radical (unpaired) electrons. The highest BCUT2D eigenvalue weighted by molar-refractivity contribution is 5.95. The normalized spacial score (nSPS) is 16.4. The molecule has 1 aliphatic heterocycles. The number of urea groups is 1. The number of nitrogens with one attached hydrogen (secondary N) is 2. The third-order valence-corrected chi connectivity index (χ3v) is 3.50. The number of hydrogen-bond donors (Lipinski definition) is 3. The SMILES string of the molecule is O=C(CN1CCN(CCO)CC1)NC(=O)NCc1ccco1. The number of carbonyl (C=O) groups excluding carboxylic acids is 2. The molecule has 1 aromatic heterocycles. The van der Waals surface area contributed by atoms with Crippen LogP contribution < -0.4 is 10.6 Å². The Morgan fingerprint density at radius 1 is 1.23 bits per heavy atom. The van der Waals surface area contributed by atoms with Crippen LogP contribution in [-0.4, -0.2) is 72.7 Å². The molecule has 0 bridgehead atoms. The Morgan fingerprint density at radius 2 is 1.95 bits per heavy atom. The summed E-state index contributed by atoms with van der Waals surface area (Å²) in [6.07, 6.45) is 1.52. The zero-order chi connectivity index (χ0) is 15.8. The van der Waals surface area contributed by atoms with Gasteiger partial charge >= 0.3 is 6.03 Å². The first-order valence-electron chi connectivity index (χ1n) is 7.33. The molecule has 0 saturated carbocycles. The Kier molecular flexibility index (Phi) is 6.38. The first-order chi connectivity index (χ1) is 10.7. The van der Waals surface area contributed by atoms with E-state index in [1.54, 1.807) is 12.1 Å². The maximum absolute atomic E-state index is 11.8. The summed E-state index contributed by atoms with van der Waals surface area (Å²) >= 11 is 0. The van der Waals surface area contributed by atoms with Gasteiger partial charge in [0, 0.05) is 32.7 Å². The van der Waals surface area contributed by atoms with Crippen LogP contribution in [0.1, 0.15) is 5.76 Å². The number of nitrogens with zero attached hydrogens (tertiary/aromatic N) is 2. The summed E-state index contributed by atoms with van der Waals surface area (Å²) in [6.45, 7) is 4.39. The van der Waals surface area contributed by atoms with E-state index in [9.17, 15) is 9.59 Å². The number of aliphatic hydroxyl groups is 1. The Balaban J connectivity index is 1.62. The number of rotatable bonds is 6. The van der Waals surface area contributed by atoms with Crippen molar-refractivity contribution in [3.05, 3.63) is 24.2 Å².